The summed E-state index contributed by atoms with van der Waals surface area (Å²) in [5, 5.41) is 8.54. The van der Waals surface area contributed by atoms with Gasteiger partial charge in [0.2, 0.25) is 0 Å². The van der Waals surface area contributed by atoms with Crippen molar-refractivity contribution in [3.05, 3.63) is 42.5 Å². The first-order valence-corrected chi connectivity index (χ1v) is 3.19. The van der Waals surface area contributed by atoms with Crippen molar-refractivity contribution in [2.45, 2.75) is 0 Å². The average molecular weight is 178 g/mol. The van der Waals surface area contributed by atoms with Gasteiger partial charge in [-0.2, -0.15) is 0 Å². The second kappa shape index (κ2) is 4.76. The highest BCUT2D eigenvalue weighted by atomic mass is 27.0. The molecule has 1 N–H and O–H groups in total. The molecule has 1 aromatic carbocycles. The predicted octanol–water partition coefficient (Wildman–Crippen LogP) is 0.600. The summed E-state index contributed by atoms with van der Waals surface area (Å²) in [6.45, 7) is 3.42. The van der Waals surface area contributed by atoms with Crippen molar-refractivity contribution >= 4 is 28.9 Å². The first-order valence-electron chi connectivity index (χ1n) is 3.19. The highest BCUT2D eigenvalue weighted by Crippen LogP contribution is 2.10. The summed E-state index contributed by atoms with van der Waals surface area (Å²) in [6.07, 6.45) is 0. The third kappa shape index (κ3) is 2.54. The number of carboxylic acid groups (broad SMARTS) is 1. The summed E-state index contributed by atoms with van der Waals surface area (Å²) >= 11 is 0. The zero-order valence-electron chi connectivity index (χ0n) is 5.95. The third-order valence-corrected chi connectivity index (χ3v) is 1.38. The average Bonchev–Trinajstić information content (AvgIpc) is 2.05. The highest BCUT2D eigenvalue weighted by Gasteiger charge is 2.04. The van der Waals surface area contributed by atoms with E-state index in [4.69, 9.17) is 5.11 Å². The number of hydrogen-bond acceptors (Lipinski definition) is 1. The standard InChI is InChI=1S/C9H8O2.Al.3H/c1-7(9(10)11)8-5-3-2-4-6-8;;;;/h2-6H,1H2,(H,10,11);;;;. The molecule has 0 amide bonds. The zero-order chi connectivity index (χ0) is 8.27. The fraction of sp³-hybridized carbons (Fsp3) is 0. The van der Waals surface area contributed by atoms with E-state index in [0.29, 0.717) is 5.56 Å². The van der Waals surface area contributed by atoms with Crippen molar-refractivity contribution in [2.24, 2.45) is 0 Å². The Labute approximate surface area is 81.7 Å². The van der Waals surface area contributed by atoms with E-state index in [0.717, 1.165) is 0 Å². The molecular formula is C9H11AlO2. The van der Waals surface area contributed by atoms with Crippen LogP contribution in [0.4, 0.5) is 0 Å². The lowest BCUT2D eigenvalue weighted by Gasteiger charge is -1.97. The highest BCUT2D eigenvalue weighted by molar-refractivity contribution is 6.14. The van der Waals surface area contributed by atoms with Gasteiger partial charge in [-0.1, -0.05) is 36.9 Å². The van der Waals surface area contributed by atoms with Crippen molar-refractivity contribution in [1.82, 2.24) is 0 Å². The molecule has 0 unspecified atom stereocenters. The van der Waals surface area contributed by atoms with E-state index in [-0.39, 0.29) is 22.9 Å². The van der Waals surface area contributed by atoms with Crippen molar-refractivity contribution in [3.8, 4) is 0 Å². The Kier molecular flexibility index (Phi) is 4.35. The van der Waals surface area contributed by atoms with Gasteiger partial charge in [0.25, 0.3) is 0 Å². The van der Waals surface area contributed by atoms with Gasteiger partial charge in [0.05, 0.1) is 5.57 Å². The topological polar surface area (TPSA) is 37.3 Å². The normalized spacial score (nSPS) is 8.33. The van der Waals surface area contributed by atoms with Crippen LogP contribution in [0.3, 0.4) is 0 Å². The largest absolute Gasteiger partial charge is 0.478 e. The van der Waals surface area contributed by atoms with E-state index in [2.05, 4.69) is 6.58 Å². The minimum Gasteiger partial charge on any atom is -0.478 e. The fourth-order valence-electron chi connectivity index (χ4n) is 0.763. The Morgan fingerprint density at radius 2 is 1.75 bits per heavy atom. The van der Waals surface area contributed by atoms with Crippen LogP contribution in [0.5, 0.6) is 0 Å². The number of hydrogen-bond donors (Lipinski definition) is 1. The van der Waals surface area contributed by atoms with Gasteiger partial charge in [0.1, 0.15) is 0 Å². The van der Waals surface area contributed by atoms with Gasteiger partial charge in [-0.05, 0) is 5.56 Å². The van der Waals surface area contributed by atoms with Crippen LogP contribution in [0, 0.1) is 0 Å². The second-order valence-electron chi connectivity index (χ2n) is 2.15. The molecule has 0 radical (unpaired) electrons. The van der Waals surface area contributed by atoms with Crippen molar-refractivity contribution in [2.75, 3.05) is 0 Å². The van der Waals surface area contributed by atoms with E-state index < -0.39 is 5.97 Å². The third-order valence-electron chi connectivity index (χ3n) is 1.38. The van der Waals surface area contributed by atoms with Crippen molar-refractivity contribution < 1.29 is 9.90 Å². The molecule has 0 heterocycles. The molecule has 0 aliphatic rings. The summed E-state index contributed by atoms with van der Waals surface area (Å²) in [6, 6.07) is 8.83. The summed E-state index contributed by atoms with van der Waals surface area (Å²) < 4.78 is 0. The molecule has 0 aromatic heterocycles. The SMILES string of the molecule is C=C(C(=O)O)c1ccccc1.[AlH3]. The molecule has 0 saturated carbocycles. The summed E-state index contributed by atoms with van der Waals surface area (Å²) in [7, 11) is 0. The van der Waals surface area contributed by atoms with E-state index in [9.17, 15) is 4.79 Å². The Morgan fingerprint density at radius 3 is 2.17 bits per heavy atom. The Bertz CT molecular complexity index is 280. The molecule has 1 aromatic rings. The maximum Gasteiger partial charge on any atom is 0.335 e. The lowest BCUT2D eigenvalue weighted by atomic mass is 10.1. The van der Waals surface area contributed by atoms with Crippen LogP contribution in [-0.2, 0) is 4.79 Å². The van der Waals surface area contributed by atoms with E-state index >= 15 is 0 Å². The number of carbonyl (C=O) groups is 1. The molecule has 12 heavy (non-hydrogen) atoms. The number of benzene rings is 1. The van der Waals surface area contributed by atoms with Gasteiger partial charge in [0, 0.05) is 0 Å². The van der Waals surface area contributed by atoms with Gasteiger partial charge in [-0.3, -0.25) is 0 Å². The number of aliphatic carboxylic acids is 1. The van der Waals surface area contributed by atoms with Crippen LogP contribution in [0.15, 0.2) is 36.9 Å². The predicted molar refractivity (Wildman–Crippen MR) is 53.1 cm³/mol. The molecule has 0 bridgehead atoms. The molecule has 0 spiro atoms. The Morgan fingerprint density at radius 1 is 1.25 bits per heavy atom. The van der Waals surface area contributed by atoms with Crippen LogP contribution in [0.25, 0.3) is 5.57 Å². The van der Waals surface area contributed by atoms with Gasteiger partial charge < -0.3 is 5.11 Å². The van der Waals surface area contributed by atoms with Gasteiger partial charge in [-0.15, -0.1) is 0 Å². The van der Waals surface area contributed by atoms with Gasteiger partial charge >= 0.3 is 5.97 Å². The van der Waals surface area contributed by atoms with Crippen LogP contribution in [0.2, 0.25) is 0 Å². The van der Waals surface area contributed by atoms with Gasteiger partial charge in [-0.25, -0.2) is 4.79 Å². The fourth-order valence-corrected chi connectivity index (χ4v) is 0.763. The summed E-state index contributed by atoms with van der Waals surface area (Å²) in [5.41, 5.74) is 0.783. The maximum atomic E-state index is 10.4. The first-order chi connectivity index (χ1) is 5.22. The number of rotatable bonds is 2. The van der Waals surface area contributed by atoms with Crippen LogP contribution < -0.4 is 0 Å². The summed E-state index contributed by atoms with van der Waals surface area (Å²) in [5.74, 6) is -0.976. The van der Waals surface area contributed by atoms with E-state index in [1.165, 1.54) is 0 Å². The van der Waals surface area contributed by atoms with Crippen LogP contribution in [0.1, 0.15) is 5.56 Å². The first kappa shape index (κ1) is 11.0. The van der Waals surface area contributed by atoms with Crippen LogP contribution in [-0.4, -0.2) is 28.4 Å². The van der Waals surface area contributed by atoms with Crippen LogP contribution >= 0.6 is 0 Å². The smallest absolute Gasteiger partial charge is 0.335 e. The Hall–Kier alpha value is -1.04. The van der Waals surface area contributed by atoms with E-state index in [1.807, 2.05) is 6.07 Å². The van der Waals surface area contributed by atoms with Gasteiger partial charge in [0.15, 0.2) is 17.4 Å². The lowest BCUT2D eigenvalue weighted by molar-refractivity contribution is -0.130. The quantitative estimate of drug-likeness (QED) is 0.532. The monoisotopic (exact) mass is 178 g/mol. The molecule has 0 atom stereocenters. The van der Waals surface area contributed by atoms with E-state index in [1.54, 1.807) is 24.3 Å². The number of carboxylic acids is 1. The molecule has 2 nitrogen and oxygen atoms in total. The summed E-state index contributed by atoms with van der Waals surface area (Å²) in [4.78, 5) is 10.4. The minimum absolute atomic E-state index is 0. The molecule has 0 saturated heterocycles. The lowest BCUT2D eigenvalue weighted by Crippen LogP contribution is -1.96. The molecule has 0 aliphatic carbocycles. The minimum atomic E-state index is -0.976. The molecule has 3 heteroatoms. The second-order valence-corrected chi connectivity index (χ2v) is 2.15. The Balaban J connectivity index is 0.00000121. The molecule has 0 fully saturated rings. The molecule has 62 valence electrons. The molecular weight excluding hydrogens is 167 g/mol. The zero-order valence-corrected chi connectivity index (χ0v) is 5.95. The van der Waals surface area contributed by atoms with Crippen molar-refractivity contribution in [3.63, 3.8) is 0 Å². The van der Waals surface area contributed by atoms with Crippen molar-refractivity contribution in [1.29, 1.82) is 0 Å². The maximum absolute atomic E-state index is 10.4. The molecule has 0 aliphatic heterocycles. The molecule has 1 rings (SSSR count).